The van der Waals surface area contributed by atoms with Gasteiger partial charge in [-0.05, 0) is 103 Å². The lowest BCUT2D eigenvalue weighted by atomic mass is 10.2. The maximum atomic E-state index is 11.6. The van der Waals surface area contributed by atoms with Crippen LogP contribution in [0, 0.1) is 0 Å². The third-order valence-corrected chi connectivity index (χ3v) is 15.7. The fourth-order valence-corrected chi connectivity index (χ4v) is 11.3. The van der Waals surface area contributed by atoms with Crippen molar-refractivity contribution in [2.75, 3.05) is 58.3 Å². The van der Waals surface area contributed by atoms with E-state index in [1.807, 2.05) is 5.38 Å². The lowest BCUT2D eigenvalue weighted by Gasteiger charge is -2.09. The van der Waals surface area contributed by atoms with E-state index >= 15 is 0 Å². The first-order valence-corrected chi connectivity index (χ1v) is 30.2. The molecule has 0 radical (unpaired) electrons. The first-order valence-electron chi connectivity index (χ1n) is 24.3. The zero-order valence-corrected chi connectivity index (χ0v) is 53.0. The van der Waals surface area contributed by atoms with Crippen LogP contribution in [0.4, 0.5) is 11.4 Å². The number of pyridine rings is 3. The van der Waals surface area contributed by atoms with Crippen molar-refractivity contribution in [2.24, 2.45) is 0 Å². The number of fused-ring (bicyclic) bond motifs is 3. The number of nitrogen functional groups attached to an aromatic ring is 1. The average molecular weight is 1350 g/mol. The summed E-state index contributed by atoms with van der Waals surface area (Å²) >= 11 is 29.4. The molecule has 85 heavy (non-hydrogen) atoms. The lowest BCUT2D eigenvalue weighted by molar-refractivity contribution is -0.144. The number of esters is 7. The molecule has 0 aromatic carbocycles. The zero-order valence-electron chi connectivity index (χ0n) is 45.9. The summed E-state index contributed by atoms with van der Waals surface area (Å²) in [4.78, 5) is 122. The molecule has 0 fully saturated rings. The molecular formula is C53H53Cl4N5O18S5. The molecular weight excluding hydrogens is 1300 g/mol. The van der Waals surface area contributed by atoms with E-state index in [0.717, 1.165) is 4.70 Å². The normalized spacial score (nSPS) is 10.1. The molecule has 8 aromatic rings. The van der Waals surface area contributed by atoms with Gasteiger partial charge in [-0.3, -0.25) is 24.0 Å². The minimum Gasteiger partial charge on any atom is -0.505 e. The SMILES string of the molecule is C=C(CC(=O)OCC)Nc1ccsc1C(=O)OC.CCOC(=O)CC(=O)Cl.CCOC(=O)c1c(Cl)c2sccc2[nH]c1=O.CCOC(=O)c1c(Cl)nc2ccsc2c1Cl.CCOC(=O)c1c(O)c2sccc2[nH]c1=O.COC(=O)c1sccc1N. The van der Waals surface area contributed by atoms with Crippen molar-refractivity contribution < 1.29 is 76.6 Å². The number of nitrogens with two attached hydrogens (primary N) is 1. The number of halogens is 4. The summed E-state index contributed by atoms with van der Waals surface area (Å²) in [6.07, 6.45) is -0.278. The van der Waals surface area contributed by atoms with Crippen LogP contribution in [0.25, 0.3) is 30.6 Å². The lowest BCUT2D eigenvalue weighted by Crippen LogP contribution is -2.20. The Balaban J connectivity index is 0.000000271. The maximum absolute atomic E-state index is 11.6. The van der Waals surface area contributed by atoms with Crippen molar-refractivity contribution in [3.05, 3.63) is 132 Å². The van der Waals surface area contributed by atoms with Crippen molar-refractivity contribution in [2.45, 2.75) is 47.5 Å². The second kappa shape index (κ2) is 36.4. The third kappa shape index (κ3) is 21.3. The van der Waals surface area contributed by atoms with Crippen LogP contribution < -0.4 is 22.2 Å². The standard InChI is InChI=1S/C12H15NO4S.C10H7Cl2NO2S.C10H8ClNO3S.C10H9NO4S.C6H7NO2S.C5H7ClO3/c1-4-17-10(14)7-8(2)13-9-5-6-18-11(9)12(15)16-3;1-2-15-10(14)6-7(11)8-5(3-4-16-8)13-9(6)12;1-2-15-10(14)6-7(11)8-5(3-4-16-8)12-9(6)13;1-2-15-10(14)6-7(12)8-5(3-4-16-8)11-9(6)13;1-9-6(8)5-4(7)2-3-10-5;1-2-9-5(8)3-4(6)7/h5-6,13H,2,4,7H2,1,3H3;3-4H,2H2,1H3;3-4H,2H2,1H3,(H,12,13);3-4H,2H2,1H3,(H2,11,12,13);2-3H,7H2,1H3;2-3H2,1H3. The number of nitrogens with one attached hydrogen (secondary N) is 3. The van der Waals surface area contributed by atoms with Crippen molar-refractivity contribution in [1.29, 1.82) is 0 Å². The summed E-state index contributed by atoms with van der Waals surface area (Å²) < 4.78 is 34.6. The first kappa shape index (κ1) is 71.9. The van der Waals surface area contributed by atoms with Crippen LogP contribution in [-0.2, 0) is 47.5 Å². The number of nitrogens with zero attached hydrogens (tertiary/aromatic N) is 1. The fraction of sp³-hybridized carbons (Fsp3) is 0.264. The van der Waals surface area contributed by atoms with Gasteiger partial charge in [0.25, 0.3) is 11.1 Å². The molecule has 0 unspecified atom stereocenters. The number of thiophene rings is 5. The molecule has 0 aliphatic carbocycles. The van der Waals surface area contributed by atoms with Gasteiger partial charge in [-0.1, -0.05) is 41.4 Å². The van der Waals surface area contributed by atoms with Crippen LogP contribution >= 0.6 is 103 Å². The van der Waals surface area contributed by atoms with Gasteiger partial charge in [-0.25, -0.2) is 29.0 Å². The van der Waals surface area contributed by atoms with Gasteiger partial charge in [0.2, 0.25) is 5.24 Å². The highest BCUT2D eigenvalue weighted by Gasteiger charge is 2.23. The number of carbonyl (C=O) groups excluding carboxylic acids is 8. The summed E-state index contributed by atoms with van der Waals surface area (Å²) in [5.74, 6) is -4.07. The molecule has 8 aromatic heterocycles. The van der Waals surface area contributed by atoms with E-state index in [0.29, 0.717) is 64.4 Å². The van der Waals surface area contributed by atoms with E-state index in [2.05, 4.69) is 41.1 Å². The van der Waals surface area contributed by atoms with Gasteiger partial charge in [0, 0.05) is 5.70 Å². The van der Waals surface area contributed by atoms with E-state index in [9.17, 15) is 53.1 Å². The number of aromatic amines is 2. The zero-order chi connectivity index (χ0) is 63.5. The van der Waals surface area contributed by atoms with Gasteiger partial charge in [-0.15, -0.1) is 56.7 Å². The Morgan fingerprint density at radius 3 is 1.54 bits per heavy atom. The van der Waals surface area contributed by atoms with Crippen molar-refractivity contribution >= 4 is 192 Å². The Bertz CT molecular complexity index is 3660. The Morgan fingerprint density at radius 1 is 0.576 bits per heavy atom. The number of anilines is 2. The van der Waals surface area contributed by atoms with Crippen LogP contribution in [0.15, 0.2) is 79.1 Å². The van der Waals surface area contributed by atoms with Gasteiger partial charge >= 0.3 is 41.8 Å². The predicted molar refractivity (Wildman–Crippen MR) is 331 cm³/mol. The molecule has 6 N–H and O–H groups in total. The number of hydrogen-bond acceptors (Lipinski definition) is 26. The molecule has 0 saturated carbocycles. The molecule has 32 heteroatoms. The van der Waals surface area contributed by atoms with Crippen LogP contribution in [0.2, 0.25) is 15.2 Å². The second-order valence-corrected chi connectivity index (χ2v) is 21.6. The number of rotatable bonds is 16. The Hall–Kier alpha value is -7.41. The van der Waals surface area contributed by atoms with Crippen LogP contribution in [-0.4, -0.2) is 114 Å². The number of aromatic nitrogens is 3. The van der Waals surface area contributed by atoms with E-state index in [1.165, 1.54) is 70.9 Å². The molecule has 456 valence electrons. The second-order valence-electron chi connectivity index (χ2n) is 15.4. The van der Waals surface area contributed by atoms with Crippen molar-refractivity contribution in [3.8, 4) is 5.75 Å². The van der Waals surface area contributed by atoms with Gasteiger partial charge in [-0.2, -0.15) is 0 Å². The smallest absolute Gasteiger partial charge is 0.350 e. The first-order chi connectivity index (χ1) is 40.4. The number of ether oxygens (including phenoxy) is 7. The fourth-order valence-electron chi connectivity index (χ4n) is 6.23. The number of methoxy groups -OCH3 is 2. The quantitative estimate of drug-likeness (QED) is 0.0197. The third-order valence-electron chi connectivity index (χ3n) is 9.74. The van der Waals surface area contributed by atoms with E-state index in [-0.39, 0.29) is 83.8 Å². The minimum atomic E-state index is -0.809. The van der Waals surface area contributed by atoms with E-state index in [4.69, 9.17) is 71.1 Å². The molecule has 0 atom stereocenters. The topological polar surface area (TPSA) is 338 Å². The van der Waals surface area contributed by atoms with Gasteiger partial charge in [0.15, 0.2) is 11.3 Å². The highest BCUT2D eigenvalue weighted by molar-refractivity contribution is 7.18. The van der Waals surface area contributed by atoms with Gasteiger partial charge in [0.1, 0.15) is 32.5 Å². The summed E-state index contributed by atoms with van der Waals surface area (Å²) in [7, 11) is 2.65. The Labute approximate surface area is 523 Å². The van der Waals surface area contributed by atoms with Crippen molar-refractivity contribution in [3.63, 3.8) is 0 Å². The molecule has 0 amide bonds. The molecule has 0 aliphatic heterocycles. The number of carbonyl (C=O) groups is 8. The predicted octanol–water partition coefficient (Wildman–Crippen LogP) is 11.9. The maximum Gasteiger partial charge on any atom is 0.350 e. The summed E-state index contributed by atoms with van der Waals surface area (Å²) in [5, 5.41) is 21.4. The monoisotopic (exact) mass is 1350 g/mol. The summed E-state index contributed by atoms with van der Waals surface area (Å²) in [6, 6.07) is 8.61. The van der Waals surface area contributed by atoms with Crippen LogP contribution in [0.5, 0.6) is 5.75 Å². The van der Waals surface area contributed by atoms with Crippen LogP contribution in [0.3, 0.4) is 0 Å². The van der Waals surface area contributed by atoms with E-state index < -0.39 is 46.2 Å². The summed E-state index contributed by atoms with van der Waals surface area (Å²) in [6.45, 7) is 13.4. The molecule has 0 saturated heterocycles. The number of aromatic hydroxyl groups is 1. The summed E-state index contributed by atoms with van der Waals surface area (Å²) in [5.41, 5.74) is 7.32. The average Bonchev–Trinajstić information content (AvgIpc) is 4.48. The van der Waals surface area contributed by atoms with Crippen LogP contribution in [0.1, 0.15) is 97.9 Å². The molecule has 0 bridgehead atoms. The molecule has 8 rings (SSSR count). The molecule has 0 spiro atoms. The minimum absolute atomic E-state index is 0.0598. The Morgan fingerprint density at radius 2 is 1.01 bits per heavy atom. The Kier molecular flexibility index (Phi) is 30.8. The molecule has 8 heterocycles. The molecule has 0 aliphatic rings. The largest absolute Gasteiger partial charge is 0.505 e. The van der Waals surface area contributed by atoms with Crippen molar-refractivity contribution in [1.82, 2.24) is 15.0 Å². The number of hydrogen-bond donors (Lipinski definition) is 5. The van der Waals surface area contributed by atoms with E-state index in [1.54, 1.807) is 86.5 Å². The highest BCUT2D eigenvalue weighted by atomic mass is 35.5. The molecule has 23 nitrogen and oxygen atoms in total. The van der Waals surface area contributed by atoms with Gasteiger partial charge < -0.3 is 59.3 Å². The van der Waals surface area contributed by atoms with Gasteiger partial charge in [0.05, 0.1) is 106 Å². The number of H-pyrrole nitrogens is 2. The highest BCUT2D eigenvalue weighted by Crippen LogP contribution is 2.35.